The molecule has 0 saturated carbocycles. The van der Waals surface area contributed by atoms with Crippen LogP contribution < -0.4 is 14.8 Å². The lowest BCUT2D eigenvalue weighted by molar-refractivity contribution is 0.240. The second-order valence-corrected chi connectivity index (χ2v) is 8.25. The summed E-state index contributed by atoms with van der Waals surface area (Å²) in [5.41, 5.74) is 6.08. The van der Waals surface area contributed by atoms with Gasteiger partial charge < -0.3 is 19.3 Å². The Labute approximate surface area is 188 Å². The maximum absolute atomic E-state index is 6.11. The zero-order valence-electron chi connectivity index (χ0n) is 19.2. The highest BCUT2D eigenvalue weighted by Gasteiger charge is 2.11. The summed E-state index contributed by atoms with van der Waals surface area (Å²) in [5, 5.41) is 8.32. The molecule has 32 heavy (non-hydrogen) atoms. The first kappa shape index (κ1) is 21.7. The van der Waals surface area contributed by atoms with Crippen LogP contribution in [0.2, 0.25) is 0 Å². The largest absolute Gasteiger partial charge is 0.491 e. The fraction of sp³-hybridized carbons (Fsp3) is 0.308. The van der Waals surface area contributed by atoms with Crippen LogP contribution in [0.15, 0.2) is 53.3 Å². The van der Waals surface area contributed by atoms with Crippen LogP contribution in [0.25, 0.3) is 10.9 Å². The predicted molar refractivity (Wildman–Crippen MR) is 127 cm³/mol. The minimum atomic E-state index is 0.134. The van der Waals surface area contributed by atoms with E-state index in [-0.39, 0.29) is 6.10 Å². The van der Waals surface area contributed by atoms with Crippen LogP contribution in [-0.4, -0.2) is 22.8 Å². The van der Waals surface area contributed by atoms with Gasteiger partial charge in [-0.15, -0.1) is 0 Å². The number of hydrogen-bond donors (Lipinski definition) is 1. The normalized spacial score (nSPS) is 11.2. The minimum absolute atomic E-state index is 0.134. The van der Waals surface area contributed by atoms with Crippen molar-refractivity contribution in [2.75, 3.05) is 11.9 Å². The number of benzene rings is 2. The molecule has 0 bridgehead atoms. The molecule has 0 amide bonds. The molecule has 0 aliphatic carbocycles. The molecule has 2 aromatic carbocycles. The lowest BCUT2D eigenvalue weighted by atomic mass is 10.1. The third kappa shape index (κ3) is 4.85. The van der Waals surface area contributed by atoms with Crippen molar-refractivity contribution in [2.45, 2.75) is 47.1 Å². The van der Waals surface area contributed by atoms with Crippen molar-refractivity contribution in [1.29, 1.82) is 0 Å². The van der Waals surface area contributed by atoms with E-state index < -0.39 is 0 Å². The lowest BCUT2D eigenvalue weighted by Crippen LogP contribution is -2.07. The van der Waals surface area contributed by atoms with Gasteiger partial charge in [0.15, 0.2) is 0 Å². The number of fused-ring (bicyclic) bond motifs is 1. The third-order valence-electron chi connectivity index (χ3n) is 5.47. The standard InChI is InChI=1S/C26H29N3O3/c1-16(2)31-24-9-10-25(18(4)17(24)3)32-26-11-7-21-14-20(6-8-22(21)28-26)12-13-27-23-15-30-29-19(23)5/h6-11,14-16,27H,12-13H2,1-5H3. The zero-order chi connectivity index (χ0) is 22.7. The molecule has 0 atom stereocenters. The Morgan fingerprint density at radius 2 is 1.75 bits per heavy atom. The first-order chi connectivity index (χ1) is 15.4. The molecule has 0 aliphatic rings. The van der Waals surface area contributed by atoms with Crippen LogP contribution in [0.4, 0.5) is 5.69 Å². The van der Waals surface area contributed by atoms with E-state index in [1.165, 1.54) is 5.56 Å². The second kappa shape index (κ2) is 9.30. The molecule has 0 spiro atoms. The van der Waals surface area contributed by atoms with Crippen molar-refractivity contribution in [3.8, 4) is 17.4 Å². The summed E-state index contributed by atoms with van der Waals surface area (Å²) in [7, 11) is 0. The van der Waals surface area contributed by atoms with Gasteiger partial charge in [-0.05, 0) is 88.1 Å². The van der Waals surface area contributed by atoms with E-state index in [0.29, 0.717) is 5.88 Å². The van der Waals surface area contributed by atoms with Crippen molar-refractivity contribution in [3.63, 3.8) is 0 Å². The van der Waals surface area contributed by atoms with Gasteiger partial charge in [-0.3, -0.25) is 0 Å². The summed E-state index contributed by atoms with van der Waals surface area (Å²) in [5.74, 6) is 2.25. The first-order valence-corrected chi connectivity index (χ1v) is 10.9. The number of hydrogen-bond acceptors (Lipinski definition) is 6. The quantitative estimate of drug-likeness (QED) is 0.349. The molecule has 1 N–H and O–H groups in total. The van der Waals surface area contributed by atoms with Crippen LogP contribution in [0.3, 0.4) is 0 Å². The molecule has 0 aliphatic heterocycles. The number of pyridine rings is 1. The number of aryl methyl sites for hydroxylation is 1. The summed E-state index contributed by atoms with van der Waals surface area (Å²) in [6.45, 7) is 10.9. The molecule has 4 rings (SSSR count). The van der Waals surface area contributed by atoms with Gasteiger partial charge in [-0.2, -0.15) is 0 Å². The maximum Gasteiger partial charge on any atom is 0.219 e. The first-order valence-electron chi connectivity index (χ1n) is 10.9. The van der Waals surface area contributed by atoms with Gasteiger partial charge in [-0.1, -0.05) is 11.2 Å². The lowest BCUT2D eigenvalue weighted by Gasteiger charge is -2.16. The number of rotatable bonds is 8. The third-order valence-corrected chi connectivity index (χ3v) is 5.47. The van der Waals surface area contributed by atoms with Crippen LogP contribution >= 0.6 is 0 Å². The second-order valence-electron chi connectivity index (χ2n) is 8.25. The van der Waals surface area contributed by atoms with Crippen LogP contribution in [0.5, 0.6) is 17.4 Å². The van der Waals surface area contributed by atoms with Gasteiger partial charge >= 0.3 is 0 Å². The Hall–Kier alpha value is -3.54. The number of anilines is 1. The molecule has 0 saturated heterocycles. The molecule has 0 unspecified atom stereocenters. The molecule has 2 heterocycles. The SMILES string of the molecule is Cc1nocc1NCCc1ccc2nc(Oc3ccc(OC(C)C)c(C)c3C)ccc2c1. The van der Waals surface area contributed by atoms with E-state index in [0.717, 1.165) is 57.9 Å². The predicted octanol–water partition coefficient (Wildman–Crippen LogP) is 6.38. The Balaban J connectivity index is 1.45. The average Bonchev–Trinajstić information content (AvgIpc) is 3.18. The number of nitrogens with zero attached hydrogens (tertiary/aromatic N) is 2. The van der Waals surface area contributed by atoms with Crippen molar-refractivity contribution < 1.29 is 14.0 Å². The summed E-state index contributed by atoms with van der Waals surface area (Å²) >= 11 is 0. The summed E-state index contributed by atoms with van der Waals surface area (Å²) < 4.78 is 16.9. The van der Waals surface area contributed by atoms with Gasteiger partial charge in [0.2, 0.25) is 5.88 Å². The van der Waals surface area contributed by atoms with Crippen molar-refractivity contribution in [2.24, 2.45) is 0 Å². The molecule has 6 nitrogen and oxygen atoms in total. The number of nitrogens with one attached hydrogen (secondary N) is 1. The number of aromatic nitrogens is 2. The van der Waals surface area contributed by atoms with Crippen molar-refractivity contribution >= 4 is 16.6 Å². The van der Waals surface area contributed by atoms with Gasteiger partial charge in [-0.25, -0.2) is 4.98 Å². The van der Waals surface area contributed by atoms with Crippen LogP contribution in [-0.2, 0) is 6.42 Å². The minimum Gasteiger partial charge on any atom is -0.491 e. The molecular weight excluding hydrogens is 402 g/mol. The Bertz CT molecular complexity index is 1230. The van der Waals surface area contributed by atoms with Crippen molar-refractivity contribution in [1.82, 2.24) is 10.1 Å². The van der Waals surface area contributed by atoms with Gasteiger partial charge in [0, 0.05) is 18.0 Å². The molecular formula is C26H29N3O3. The van der Waals surface area contributed by atoms with Crippen molar-refractivity contribution in [3.05, 3.63) is 71.1 Å². The Kier molecular flexibility index (Phi) is 6.30. The Morgan fingerprint density at radius 1 is 0.969 bits per heavy atom. The van der Waals surface area contributed by atoms with E-state index in [1.807, 2.05) is 52.0 Å². The highest BCUT2D eigenvalue weighted by molar-refractivity contribution is 5.80. The molecule has 0 fully saturated rings. The van der Waals surface area contributed by atoms with E-state index in [9.17, 15) is 0 Å². The molecule has 0 radical (unpaired) electrons. The monoisotopic (exact) mass is 431 g/mol. The van der Waals surface area contributed by atoms with Gasteiger partial charge in [0.05, 0.1) is 17.3 Å². The van der Waals surface area contributed by atoms with E-state index in [4.69, 9.17) is 19.0 Å². The smallest absolute Gasteiger partial charge is 0.219 e. The molecule has 2 aromatic heterocycles. The van der Waals surface area contributed by atoms with Gasteiger partial charge in [0.1, 0.15) is 23.5 Å². The summed E-state index contributed by atoms with van der Waals surface area (Å²) in [4.78, 5) is 4.70. The summed E-state index contributed by atoms with van der Waals surface area (Å²) in [6, 6.07) is 14.2. The topological polar surface area (TPSA) is 69.4 Å². The number of ether oxygens (including phenoxy) is 2. The fourth-order valence-electron chi connectivity index (χ4n) is 3.55. The van der Waals surface area contributed by atoms with E-state index >= 15 is 0 Å². The van der Waals surface area contributed by atoms with Crippen LogP contribution in [0.1, 0.15) is 36.2 Å². The molecule has 4 aromatic rings. The highest BCUT2D eigenvalue weighted by atomic mass is 16.5. The summed E-state index contributed by atoms with van der Waals surface area (Å²) in [6.07, 6.45) is 2.66. The van der Waals surface area contributed by atoms with Crippen LogP contribution in [0, 0.1) is 20.8 Å². The zero-order valence-corrected chi connectivity index (χ0v) is 19.2. The maximum atomic E-state index is 6.11. The fourth-order valence-corrected chi connectivity index (χ4v) is 3.55. The van der Waals surface area contributed by atoms with Gasteiger partial charge in [0.25, 0.3) is 0 Å². The Morgan fingerprint density at radius 3 is 2.50 bits per heavy atom. The van der Waals surface area contributed by atoms with E-state index in [1.54, 1.807) is 6.26 Å². The molecule has 6 heteroatoms. The highest BCUT2D eigenvalue weighted by Crippen LogP contribution is 2.32. The van der Waals surface area contributed by atoms with E-state index in [2.05, 4.69) is 35.6 Å². The average molecular weight is 432 g/mol. The molecule has 166 valence electrons.